The van der Waals surface area contributed by atoms with Crippen LogP contribution in [0, 0.1) is 0 Å². The lowest BCUT2D eigenvalue weighted by Crippen LogP contribution is -1.99. The van der Waals surface area contributed by atoms with Gasteiger partial charge in [0.25, 0.3) is 0 Å². The number of rotatable bonds is 1. The maximum absolute atomic E-state index is 5.19. The third-order valence-electron chi connectivity index (χ3n) is 0.189. The Morgan fingerprint density at radius 3 is 1.33 bits per heavy atom. The highest BCUT2D eigenvalue weighted by atomic mass is 35.5. The van der Waals surface area contributed by atoms with Crippen LogP contribution < -0.4 is 6.15 Å². The van der Waals surface area contributed by atoms with Crippen molar-refractivity contribution in [1.82, 2.24) is 11.1 Å². The molecule has 0 saturated carbocycles. The van der Waals surface area contributed by atoms with Gasteiger partial charge in [0.15, 0.2) is 0 Å². The topological polar surface area (TPSA) is 38.2 Å². The van der Waals surface area contributed by atoms with Crippen LogP contribution in [0.25, 0.3) is 0 Å². The van der Waals surface area contributed by atoms with Crippen LogP contribution in [0.3, 0.4) is 0 Å². The van der Waals surface area contributed by atoms with Gasteiger partial charge in [-0.3, -0.25) is 0 Å². The maximum atomic E-state index is 5.19. The van der Waals surface area contributed by atoms with Crippen molar-refractivity contribution in [2.75, 3.05) is 27.0 Å². The molecular formula is C6H19ClN2. The summed E-state index contributed by atoms with van der Waals surface area (Å²) in [6.45, 7) is 2.05. The van der Waals surface area contributed by atoms with Gasteiger partial charge in [-0.1, -0.05) is 6.92 Å². The van der Waals surface area contributed by atoms with Crippen LogP contribution in [-0.2, 0) is 0 Å². The molecule has 0 radical (unpaired) electrons. The van der Waals surface area contributed by atoms with E-state index < -0.39 is 0 Å². The minimum absolute atomic E-state index is 0. The molecule has 3 heteroatoms. The molecule has 2 nitrogen and oxygen atoms in total. The fourth-order valence-corrected chi connectivity index (χ4v) is 0. The number of halogens is 1. The lowest BCUT2D eigenvalue weighted by molar-refractivity contribution is 0.505. The zero-order valence-corrected chi connectivity index (χ0v) is 7.70. The first-order chi connectivity index (χ1) is 3.65. The monoisotopic (exact) mass is 154 g/mol. The van der Waals surface area contributed by atoms with Crippen molar-refractivity contribution in [2.45, 2.75) is 13.3 Å². The average molecular weight is 155 g/mol. The van der Waals surface area contributed by atoms with E-state index in [9.17, 15) is 0 Å². The Labute approximate surface area is 63.8 Å². The third-order valence-corrected chi connectivity index (χ3v) is 0.567. The highest BCUT2D eigenvalue weighted by Gasteiger charge is 1.59. The van der Waals surface area contributed by atoms with Gasteiger partial charge in [-0.2, -0.15) is 0 Å². The molecule has 0 aliphatic carbocycles. The molecule has 0 aromatic carbocycles. The second-order valence-electron chi connectivity index (χ2n) is 2.03. The Balaban J connectivity index is -0.0000000720. The summed E-state index contributed by atoms with van der Waals surface area (Å²) in [6, 6.07) is 0. The molecule has 0 spiro atoms. The van der Waals surface area contributed by atoms with Crippen LogP contribution in [0.4, 0.5) is 0 Å². The summed E-state index contributed by atoms with van der Waals surface area (Å²) in [4.78, 5) is 2.00. The van der Waals surface area contributed by atoms with E-state index in [1.165, 1.54) is 0 Å². The molecule has 0 aliphatic rings. The standard InChI is InChI=1S/C3H7Cl.C3H9N.H3N/c1-2-3-4;1-4(2)3;/h2-3H2,1H3;1-3H3;1H3. The SMILES string of the molecule is CCCCl.CN(C)C.N. The maximum Gasteiger partial charge on any atom is 0.0220 e. The van der Waals surface area contributed by atoms with Crippen molar-refractivity contribution < 1.29 is 0 Å². The van der Waals surface area contributed by atoms with Crippen LogP contribution in [-0.4, -0.2) is 31.9 Å². The van der Waals surface area contributed by atoms with Crippen molar-refractivity contribution in [3.05, 3.63) is 0 Å². The molecule has 0 fully saturated rings. The normalized spacial score (nSPS) is 7.33. The van der Waals surface area contributed by atoms with Gasteiger partial charge in [-0.15, -0.1) is 11.6 Å². The predicted molar refractivity (Wildman–Crippen MR) is 45.6 cm³/mol. The van der Waals surface area contributed by atoms with Crippen LogP contribution in [0.15, 0.2) is 0 Å². The Morgan fingerprint density at radius 1 is 1.22 bits per heavy atom. The van der Waals surface area contributed by atoms with E-state index in [0.717, 1.165) is 12.3 Å². The summed E-state index contributed by atoms with van der Waals surface area (Å²) in [5.41, 5.74) is 0. The molecule has 0 aromatic rings. The summed E-state index contributed by atoms with van der Waals surface area (Å²) < 4.78 is 0. The van der Waals surface area contributed by atoms with Crippen molar-refractivity contribution in [3.8, 4) is 0 Å². The molecular weight excluding hydrogens is 136 g/mol. The zero-order valence-electron chi connectivity index (χ0n) is 6.95. The van der Waals surface area contributed by atoms with Crippen LogP contribution >= 0.6 is 11.6 Å². The fourth-order valence-electron chi connectivity index (χ4n) is 0. The summed E-state index contributed by atoms with van der Waals surface area (Å²) in [6.07, 6.45) is 1.08. The molecule has 0 aromatic heterocycles. The lowest BCUT2D eigenvalue weighted by Gasteiger charge is -1.90. The first-order valence-corrected chi connectivity index (χ1v) is 3.35. The van der Waals surface area contributed by atoms with Gasteiger partial charge < -0.3 is 11.1 Å². The zero-order chi connectivity index (χ0) is 6.99. The van der Waals surface area contributed by atoms with Crippen LogP contribution in [0.5, 0.6) is 0 Å². The molecule has 0 saturated heterocycles. The number of hydrogen-bond acceptors (Lipinski definition) is 2. The van der Waals surface area contributed by atoms with Crippen molar-refractivity contribution in [2.24, 2.45) is 0 Å². The van der Waals surface area contributed by atoms with Gasteiger partial charge in [0.2, 0.25) is 0 Å². The van der Waals surface area contributed by atoms with E-state index in [-0.39, 0.29) is 6.15 Å². The summed E-state index contributed by atoms with van der Waals surface area (Å²) in [5, 5.41) is 0. The first kappa shape index (κ1) is 16.1. The number of nitrogens with zero attached hydrogens (tertiary/aromatic N) is 1. The van der Waals surface area contributed by atoms with E-state index in [2.05, 4.69) is 0 Å². The molecule has 0 unspecified atom stereocenters. The van der Waals surface area contributed by atoms with Crippen molar-refractivity contribution >= 4 is 11.6 Å². The number of alkyl halides is 1. The summed E-state index contributed by atoms with van der Waals surface area (Å²) >= 11 is 5.19. The fraction of sp³-hybridized carbons (Fsp3) is 1.00. The molecule has 3 N–H and O–H groups in total. The minimum atomic E-state index is 0. The molecule has 9 heavy (non-hydrogen) atoms. The summed E-state index contributed by atoms with van der Waals surface area (Å²) in [5.74, 6) is 0.792. The highest BCUT2D eigenvalue weighted by Crippen LogP contribution is 1.75. The lowest BCUT2D eigenvalue weighted by atomic mass is 10.6. The highest BCUT2D eigenvalue weighted by molar-refractivity contribution is 6.17. The van der Waals surface area contributed by atoms with E-state index >= 15 is 0 Å². The summed E-state index contributed by atoms with van der Waals surface area (Å²) in [7, 11) is 6.00. The van der Waals surface area contributed by atoms with E-state index in [4.69, 9.17) is 11.6 Å². The molecule has 0 amide bonds. The largest absolute Gasteiger partial charge is 0.344 e. The Kier molecular flexibility index (Phi) is 28.1. The Bertz CT molecular complexity index is 27.5. The smallest absolute Gasteiger partial charge is 0.0220 e. The van der Waals surface area contributed by atoms with Crippen molar-refractivity contribution in [1.29, 1.82) is 0 Å². The first-order valence-electron chi connectivity index (χ1n) is 2.82. The third kappa shape index (κ3) is 216. The van der Waals surface area contributed by atoms with Gasteiger partial charge in [-0.05, 0) is 27.6 Å². The van der Waals surface area contributed by atoms with Crippen LogP contribution in [0.1, 0.15) is 13.3 Å². The molecule has 0 atom stereocenters. The number of hydrogen-bond donors (Lipinski definition) is 1. The second kappa shape index (κ2) is 15.7. The van der Waals surface area contributed by atoms with E-state index in [1.807, 2.05) is 33.0 Å². The van der Waals surface area contributed by atoms with Crippen molar-refractivity contribution in [3.63, 3.8) is 0 Å². The van der Waals surface area contributed by atoms with E-state index in [1.54, 1.807) is 0 Å². The molecule has 0 rings (SSSR count). The molecule has 0 aliphatic heterocycles. The predicted octanol–water partition coefficient (Wildman–Crippen LogP) is 1.97. The van der Waals surface area contributed by atoms with Gasteiger partial charge in [0.05, 0.1) is 0 Å². The van der Waals surface area contributed by atoms with Crippen LogP contribution in [0.2, 0.25) is 0 Å². The molecule has 60 valence electrons. The second-order valence-corrected chi connectivity index (χ2v) is 2.41. The quantitative estimate of drug-likeness (QED) is 0.587. The van der Waals surface area contributed by atoms with Gasteiger partial charge in [-0.25, -0.2) is 0 Å². The van der Waals surface area contributed by atoms with E-state index in [0.29, 0.717) is 0 Å². The Hall–Kier alpha value is 0.210. The Morgan fingerprint density at radius 2 is 1.33 bits per heavy atom. The molecule has 0 bridgehead atoms. The minimum Gasteiger partial charge on any atom is -0.344 e. The van der Waals surface area contributed by atoms with Gasteiger partial charge in [0, 0.05) is 5.88 Å². The van der Waals surface area contributed by atoms with Gasteiger partial charge in [0.1, 0.15) is 0 Å². The molecule has 0 heterocycles. The average Bonchev–Trinajstić information content (AvgIpc) is 1.65. The van der Waals surface area contributed by atoms with Gasteiger partial charge >= 0.3 is 0 Å².